The number of amides is 4. The van der Waals surface area contributed by atoms with Crippen LogP contribution in [0.3, 0.4) is 0 Å². The smallest absolute Gasteiger partial charge is 0.326 e. The molecule has 5 bridgehead atoms. The van der Waals surface area contributed by atoms with Crippen molar-refractivity contribution in [3.8, 4) is 5.75 Å². The molecule has 266 valence electrons. The highest BCUT2D eigenvalue weighted by atomic mass is 16.5. The van der Waals surface area contributed by atoms with Gasteiger partial charge in [-0.25, -0.2) is 4.79 Å². The van der Waals surface area contributed by atoms with Gasteiger partial charge < -0.3 is 30.7 Å². The number of nitrogens with one attached hydrogen (secondary N) is 4. The summed E-state index contributed by atoms with van der Waals surface area (Å²) in [4.78, 5) is 68.6. The standard InChI is InChI=1S/C35H44N8O7/c1-22(2)30-34(47)41-16-14-25-20-42(40-43(25)31(36-3)33(46)39-30)15-7-17-50-26-12-10-24(11-13-26)19-28(35(48)49)38-32(45)27(37-29(44)21-41)18-23-8-5-4-6-9-23/h4-6,8-13,20,22,27-28,30-31,36H,7,14-19,21H2,1-3H3,(H3-,37,38,39,44,45,46,48,49)/p+1/t27-,28-,30-,31-/m0/s1. The molecule has 3 aliphatic rings. The van der Waals surface area contributed by atoms with Crippen molar-refractivity contribution in [3.63, 3.8) is 0 Å². The molecule has 1 aromatic heterocycles. The lowest BCUT2D eigenvalue weighted by molar-refractivity contribution is -0.755. The van der Waals surface area contributed by atoms with Crippen molar-refractivity contribution in [2.45, 2.75) is 70.4 Å². The molecule has 6 rings (SSSR count). The number of aromatic nitrogens is 3. The third-order valence-corrected chi connectivity index (χ3v) is 8.80. The SMILES string of the molecule is CN[C@@H]1C(=O)N[C@@H](C(C)C)C(=O)N2CCc3c[n+](nn31)CCCOc1ccc(cc1)C[C@@H](C(=O)O)NC(=O)[C@H](Cc1ccccc1)NC(=O)C2. The Morgan fingerprint density at radius 1 is 1.04 bits per heavy atom. The first-order chi connectivity index (χ1) is 24.0. The fourth-order valence-corrected chi connectivity index (χ4v) is 6.09. The quantitative estimate of drug-likeness (QED) is 0.225. The zero-order valence-electron chi connectivity index (χ0n) is 28.5. The monoisotopic (exact) mass is 689 g/mol. The van der Waals surface area contributed by atoms with Crippen LogP contribution in [0.25, 0.3) is 0 Å². The maximum atomic E-state index is 14.0. The third kappa shape index (κ3) is 9.02. The summed E-state index contributed by atoms with van der Waals surface area (Å²) in [7, 11) is 1.64. The number of likely N-dealkylation sites (N-methyl/N-ethyl adjacent to an activating group) is 1. The second kappa shape index (κ2) is 16.4. The summed E-state index contributed by atoms with van der Waals surface area (Å²) in [6.07, 6.45) is 1.91. The number of hydrogen-bond acceptors (Lipinski definition) is 8. The summed E-state index contributed by atoms with van der Waals surface area (Å²) in [5.41, 5.74) is 2.08. The average molecular weight is 690 g/mol. The van der Waals surface area contributed by atoms with Crippen molar-refractivity contribution < 1.29 is 38.5 Å². The molecule has 0 fully saturated rings. The van der Waals surface area contributed by atoms with Gasteiger partial charge in [0, 0.05) is 32.2 Å². The van der Waals surface area contributed by atoms with Gasteiger partial charge in [0.1, 0.15) is 30.4 Å². The van der Waals surface area contributed by atoms with Crippen molar-refractivity contribution in [1.29, 1.82) is 0 Å². The summed E-state index contributed by atoms with van der Waals surface area (Å²) < 4.78 is 9.24. The van der Waals surface area contributed by atoms with Crippen LogP contribution in [0, 0.1) is 5.92 Å². The highest BCUT2D eigenvalue weighted by molar-refractivity contribution is 5.94. The Balaban J connectivity index is 1.50. The van der Waals surface area contributed by atoms with Crippen molar-refractivity contribution in [1.82, 2.24) is 36.1 Å². The zero-order chi connectivity index (χ0) is 35.8. The number of carbonyl (C=O) groups is 5. The van der Waals surface area contributed by atoms with E-state index in [4.69, 9.17) is 4.74 Å². The largest absolute Gasteiger partial charge is 0.493 e. The lowest BCUT2D eigenvalue weighted by Crippen LogP contribution is -2.58. The van der Waals surface area contributed by atoms with Crippen LogP contribution in [-0.4, -0.2) is 94.4 Å². The first kappa shape index (κ1) is 36.0. The van der Waals surface area contributed by atoms with Gasteiger partial charge in [-0.1, -0.05) is 56.3 Å². The minimum absolute atomic E-state index is 0.00713. The molecule has 0 aliphatic carbocycles. The molecule has 0 unspecified atom stereocenters. The van der Waals surface area contributed by atoms with Crippen LogP contribution >= 0.6 is 0 Å². The van der Waals surface area contributed by atoms with Crippen LogP contribution in [-0.2, 0) is 49.8 Å². The van der Waals surface area contributed by atoms with Crippen LogP contribution in [0.5, 0.6) is 5.75 Å². The fraction of sp³-hybridized carbons (Fsp3) is 0.457. The number of rotatable bonds is 5. The fourth-order valence-electron chi connectivity index (χ4n) is 6.09. The van der Waals surface area contributed by atoms with Crippen molar-refractivity contribution in [2.75, 3.05) is 26.7 Å². The molecule has 0 radical (unpaired) electrons. The topological polar surface area (TPSA) is 188 Å². The van der Waals surface area contributed by atoms with E-state index < -0.39 is 60.4 Å². The number of carboxylic acids is 1. The van der Waals surface area contributed by atoms with Crippen molar-refractivity contribution in [2.24, 2.45) is 5.92 Å². The Labute approximate surface area is 290 Å². The maximum Gasteiger partial charge on any atom is 0.326 e. The molecule has 2 aromatic carbocycles. The molecule has 4 atom stereocenters. The minimum Gasteiger partial charge on any atom is -0.493 e. The maximum absolute atomic E-state index is 14.0. The van der Waals surface area contributed by atoms with Gasteiger partial charge >= 0.3 is 5.97 Å². The molecule has 0 spiro atoms. The summed E-state index contributed by atoms with van der Waals surface area (Å²) in [5, 5.41) is 25.9. The minimum atomic E-state index is -1.27. The number of nitrogens with zero attached hydrogens (tertiary/aromatic N) is 4. The number of fused-ring (bicyclic) bond motifs is 12. The highest BCUT2D eigenvalue weighted by Gasteiger charge is 2.38. The van der Waals surface area contributed by atoms with Gasteiger partial charge in [0.25, 0.3) is 12.1 Å². The summed E-state index contributed by atoms with van der Waals surface area (Å²) in [6, 6.07) is 12.7. The van der Waals surface area contributed by atoms with E-state index in [0.717, 1.165) is 5.56 Å². The number of carboxylic acid groups (broad SMARTS) is 1. The van der Waals surface area contributed by atoms with E-state index in [1.54, 1.807) is 78.8 Å². The van der Waals surface area contributed by atoms with E-state index >= 15 is 0 Å². The number of ether oxygens (including phenoxy) is 1. The Kier molecular flexibility index (Phi) is 11.8. The molecule has 50 heavy (non-hydrogen) atoms. The normalized spacial score (nSPS) is 22.6. The molecular weight excluding hydrogens is 644 g/mol. The Hall–Kier alpha value is -5.31. The molecule has 0 saturated carbocycles. The number of aryl methyl sites for hydroxylation is 1. The second-order valence-corrected chi connectivity index (χ2v) is 12.9. The first-order valence-electron chi connectivity index (χ1n) is 16.8. The van der Waals surface area contributed by atoms with Gasteiger partial charge in [0.2, 0.25) is 17.7 Å². The molecular formula is C35H45N8O7+. The lowest BCUT2D eigenvalue weighted by Gasteiger charge is -2.31. The zero-order valence-corrected chi connectivity index (χ0v) is 28.5. The van der Waals surface area contributed by atoms with E-state index in [9.17, 15) is 29.1 Å². The number of carbonyl (C=O) groups excluding carboxylic acids is 4. The lowest BCUT2D eigenvalue weighted by atomic mass is 10.0. The van der Waals surface area contributed by atoms with Gasteiger partial charge in [-0.3, -0.25) is 24.5 Å². The van der Waals surface area contributed by atoms with Gasteiger partial charge in [-0.2, -0.15) is 0 Å². The highest BCUT2D eigenvalue weighted by Crippen LogP contribution is 2.17. The van der Waals surface area contributed by atoms with Gasteiger partial charge in [-0.15, -0.1) is 9.36 Å². The van der Waals surface area contributed by atoms with Gasteiger partial charge in [0.15, 0.2) is 11.9 Å². The Morgan fingerprint density at radius 3 is 2.46 bits per heavy atom. The van der Waals surface area contributed by atoms with E-state index in [0.29, 0.717) is 36.6 Å². The van der Waals surface area contributed by atoms with E-state index in [1.807, 2.05) is 12.3 Å². The van der Waals surface area contributed by atoms with Crippen molar-refractivity contribution in [3.05, 3.63) is 77.6 Å². The van der Waals surface area contributed by atoms with E-state index in [-0.39, 0.29) is 31.7 Å². The van der Waals surface area contributed by atoms with Crippen molar-refractivity contribution >= 4 is 29.6 Å². The van der Waals surface area contributed by atoms with E-state index in [2.05, 4.69) is 26.5 Å². The van der Waals surface area contributed by atoms with Gasteiger partial charge in [-0.05, 0) is 36.2 Å². The Bertz CT molecular complexity index is 1680. The summed E-state index contributed by atoms with van der Waals surface area (Å²) in [5.74, 6) is -3.11. The summed E-state index contributed by atoms with van der Waals surface area (Å²) >= 11 is 0. The first-order valence-corrected chi connectivity index (χ1v) is 16.8. The second-order valence-electron chi connectivity index (χ2n) is 12.9. The number of benzene rings is 2. The molecule has 3 aliphatic heterocycles. The molecule has 5 N–H and O–H groups in total. The molecule has 3 aromatic rings. The van der Waals surface area contributed by atoms with Crippen LogP contribution in [0.1, 0.15) is 43.3 Å². The number of hydrogen-bond donors (Lipinski definition) is 5. The average Bonchev–Trinajstić information content (AvgIpc) is 3.49. The van der Waals surface area contributed by atoms with E-state index in [1.165, 1.54) is 4.90 Å². The van der Waals surface area contributed by atoms with Crippen LogP contribution < -0.4 is 30.7 Å². The Morgan fingerprint density at radius 2 is 1.78 bits per heavy atom. The molecule has 4 amide bonds. The molecule has 4 heterocycles. The van der Waals surface area contributed by atoms with Crippen LogP contribution in [0.2, 0.25) is 0 Å². The summed E-state index contributed by atoms with van der Waals surface area (Å²) in [6.45, 7) is 4.20. The van der Waals surface area contributed by atoms with Crippen LogP contribution in [0.15, 0.2) is 60.8 Å². The number of aliphatic carboxylic acids is 1. The van der Waals surface area contributed by atoms with Gasteiger partial charge in [0.05, 0.1) is 18.4 Å². The molecule has 0 saturated heterocycles. The third-order valence-electron chi connectivity index (χ3n) is 8.80. The predicted molar refractivity (Wildman–Crippen MR) is 179 cm³/mol. The molecule has 15 nitrogen and oxygen atoms in total. The molecule has 15 heteroatoms. The predicted octanol–water partition coefficient (Wildman–Crippen LogP) is -0.264. The van der Waals surface area contributed by atoms with Crippen LogP contribution in [0.4, 0.5) is 0 Å².